The molecule has 100 valence electrons. The van der Waals surface area contributed by atoms with E-state index in [1.807, 2.05) is 18.2 Å². The van der Waals surface area contributed by atoms with Gasteiger partial charge in [-0.15, -0.1) is 0 Å². The van der Waals surface area contributed by atoms with Crippen molar-refractivity contribution in [2.24, 2.45) is 5.73 Å². The van der Waals surface area contributed by atoms with Gasteiger partial charge in [-0.2, -0.15) is 0 Å². The van der Waals surface area contributed by atoms with Gasteiger partial charge in [0.05, 0.1) is 14.2 Å². The number of nitrogens with two attached hydrogens (primary N) is 1. The van der Waals surface area contributed by atoms with Gasteiger partial charge in [-0.3, -0.25) is 4.79 Å². The van der Waals surface area contributed by atoms with Crippen LogP contribution >= 0.6 is 0 Å². The molecule has 0 unspecified atom stereocenters. The summed E-state index contributed by atoms with van der Waals surface area (Å²) in [6.07, 6.45) is 1.14. The first-order valence-electron chi connectivity index (χ1n) is 5.87. The maximum Gasteiger partial charge on any atom is 0.217 e. The largest absolute Gasteiger partial charge is 0.497 e. The SMILES string of the molecule is COc1ccc(OC)c(CNCCCC(N)=O)c1. The standard InChI is InChI=1S/C13H20N2O3/c1-17-11-5-6-12(18-2)10(8-11)9-15-7-3-4-13(14)16/h5-6,8,15H,3-4,7,9H2,1-2H3,(H2,14,16). The van der Waals surface area contributed by atoms with Crippen molar-refractivity contribution in [1.82, 2.24) is 5.32 Å². The second-order valence-corrected chi connectivity index (χ2v) is 3.92. The molecule has 5 heteroatoms. The normalized spacial score (nSPS) is 10.1. The van der Waals surface area contributed by atoms with Crippen LogP contribution in [0.1, 0.15) is 18.4 Å². The Bertz CT molecular complexity index is 394. The molecule has 0 heterocycles. The molecule has 0 spiro atoms. The quantitative estimate of drug-likeness (QED) is 0.678. The summed E-state index contributed by atoms with van der Waals surface area (Å²) >= 11 is 0. The highest BCUT2D eigenvalue weighted by atomic mass is 16.5. The highest BCUT2D eigenvalue weighted by molar-refractivity contribution is 5.73. The minimum Gasteiger partial charge on any atom is -0.497 e. The van der Waals surface area contributed by atoms with Crippen LogP contribution in [-0.4, -0.2) is 26.7 Å². The molecular formula is C13H20N2O3. The molecule has 1 aromatic rings. The van der Waals surface area contributed by atoms with Crippen LogP contribution in [0.3, 0.4) is 0 Å². The number of nitrogens with one attached hydrogen (secondary N) is 1. The number of hydrogen-bond acceptors (Lipinski definition) is 4. The van der Waals surface area contributed by atoms with Crippen molar-refractivity contribution in [3.63, 3.8) is 0 Å². The van der Waals surface area contributed by atoms with Crippen molar-refractivity contribution in [3.05, 3.63) is 23.8 Å². The smallest absolute Gasteiger partial charge is 0.217 e. The molecule has 0 atom stereocenters. The number of carbonyl (C=O) groups excluding carboxylic acids is 1. The fraction of sp³-hybridized carbons (Fsp3) is 0.462. The van der Waals surface area contributed by atoms with Gasteiger partial charge in [0.1, 0.15) is 11.5 Å². The molecule has 18 heavy (non-hydrogen) atoms. The minimum absolute atomic E-state index is 0.268. The van der Waals surface area contributed by atoms with Crippen molar-refractivity contribution in [3.8, 4) is 11.5 Å². The Balaban J connectivity index is 2.47. The Morgan fingerprint density at radius 1 is 1.33 bits per heavy atom. The maximum absolute atomic E-state index is 10.6. The van der Waals surface area contributed by atoms with Crippen LogP contribution in [0.15, 0.2) is 18.2 Å². The van der Waals surface area contributed by atoms with Crippen LogP contribution in [0.4, 0.5) is 0 Å². The molecule has 0 aliphatic heterocycles. The van der Waals surface area contributed by atoms with E-state index in [-0.39, 0.29) is 5.91 Å². The summed E-state index contributed by atoms with van der Waals surface area (Å²) in [5.41, 5.74) is 6.09. The maximum atomic E-state index is 10.6. The van der Waals surface area contributed by atoms with Gasteiger partial charge in [0.15, 0.2) is 0 Å². The van der Waals surface area contributed by atoms with E-state index in [4.69, 9.17) is 15.2 Å². The molecule has 0 aliphatic carbocycles. The predicted molar refractivity (Wildman–Crippen MR) is 69.7 cm³/mol. The molecule has 0 fully saturated rings. The molecule has 1 aromatic carbocycles. The van der Waals surface area contributed by atoms with Gasteiger partial charge < -0.3 is 20.5 Å². The first-order chi connectivity index (χ1) is 8.67. The van der Waals surface area contributed by atoms with E-state index < -0.39 is 0 Å². The van der Waals surface area contributed by atoms with Crippen LogP contribution in [0.25, 0.3) is 0 Å². The zero-order valence-electron chi connectivity index (χ0n) is 10.9. The Kier molecular flexibility index (Phi) is 6.00. The third-order valence-corrected chi connectivity index (χ3v) is 2.58. The van der Waals surface area contributed by atoms with Crippen molar-refractivity contribution in [2.75, 3.05) is 20.8 Å². The predicted octanol–water partition coefficient (Wildman–Crippen LogP) is 1.06. The number of hydrogen-bond donors (Lipinski definition) is 2. The van der Waals surface area contributed by atoms with Gasteiger partial charge in [-0.05, 0) is 31.2 Å². The number of carbonyl (C=O) groups is 1. The molecule has 0 aliphatic rings. The third kappa shape index (κ3) is 4.63. The summed E-state index contributed by atoms with van der Waals surface area (Å²) in [5, 5.41) is 3.24. The van der Waals surface area contributed by atoms with E-state index in [9.17, 15) is 4.79 Å². The van der Waals surface area contributed by atoms with Crippen LogP contribution in [0, 0.1) is 0 Å². The van der Waals surface area contributed by atoms with Gasteiger partial charge in [-0.25, -0.2) is 0 Å². The molecule has 5 nitrogen and oxygen atoms in total. The van der Waals surface area contributed by atoms with Crippen molar-refractivity contribution >= 4 is 5.91 Å². The molecular weight excluding hydrogens is 232 g/mol. The minimum atomic E-state index is -0.268. The number of primary amides is 1. The monoisotopic (exact) mass is 252 g/mol. The number of rotatable bonds is 8. The van der Waals surface area contributed by atoms with E-state index in [2.05, 4.69) is 5.32 Å². The summed E-state index contributed by atoms with van der Waals surface area (Å²) in [4.78, 5) is 10.6. The van der Waals surface area contributed by atoms with E-state index in [0.717, 1.165) is 30.0 Å². The second-order valence-electron chi connectivity index (χ2n) is 3.92. The zero-order chi connectivity index (χ0) is 13.4. The molecule has 0 aromatic heterocycles. The fourth-order valence-corrected chi connectivity index (χ4v) is 1.63. The van der Waals surface area contributed by atoms with Crippen LogP contribution in [-0.2, 0) is 11.3 Å². The zero-order valence-corrected chi connectivity index (χ0v) is 10.9. The number of amides is 1. The summed E-state index contributed by atoms with van der Waals surface area (Å²) < 4.78 is 10.4. The van der Waals surface area contributed by atoms with E-state index in [0.29, 0.717) is 13.0 Å². The van der Waals surface area contributed by atoms with E-state index >= 15 is 0 Å². The Hall–Kier alpha value is -1.75. The van der Waals surface area contributed by atoms with Gasteiger partial charge >= 0.3 is 0 Å². The highest BCUT2D eigenvalue weighted by Crippen LogP contribution is 2.23. The molecule has 0 saturated heterocycles. The van der Waals surface area contributed by atoms with Crippen molar-refractivity contribution < 1.29 is 14.3 Å². The molecule has 1 rings (SSSR count). The van der Waals surface area contributed by atoms with Gasteiger partial charge in [-0.1, -0.05) is 0 Å². The van der Waals surface area contributed by atoms with Crippen molar-refractivity contribution in [2.45, 2.75) is 19.4 Å². The molecule has 0 bridgehead atoms. The lowest BCUT2D eigenvalue weighted by Gasteiger charge is -2.11. The molecule has 0 radical (unpaired) electrons. The summed E-state index contributed by atoms with van der Waals surface area (Å²) in [6, 6.07) is 5.66. The van der Waals surface area contributed by atoms with E-state index in [1.165, 1.54) is 0 Å². The topological polar surface area (TPSA) is 73.6 Å². The Morgan fingerprint density at radius 2 is 2.11 bits per heavy atom. The lowest BCUT2D eigenvalue weighted by Crippen LogP contribution is -2.18. The van der Waals surface area contributed by atoms with Crippen LogP contribution in [0.5, 0.6) is 11.5 Å². The highest BCUT2D eigenvalue weighted by Gasteiger charge is 2.04. The first kappa shape index (κ1) is 14.3. The molecule has 1 amide bonds. The Labute approximate surface area is 107 Å². The first-order valence-corrected chi connectivity index (χ1v) is 5.87. The number of methoxy groups -OCH3 is 2. The molecule has 0 saturated carbocycles. The average Bonchev–Trinajstić information content (AvgIpc) is 2.37. The van der Waals surface area contributed by atoms with Gasteiger partial charge in [0.2, 0.25) is 5.91 Å². The fourth-order valence-electron chi connectivity index (χ4n) is 1.63. The number of ether oxygens (including phenoxy) is 2. The van der Waals surface area contributed by atoms with Gasteiger partial charge in [0.25, 0.3) is 0 Å². The van der Waals surface area contributed by atoms with Crippen molar-refractivity contribution in [1.29, 1.82) is 0 Å². The summed E-state index contributed by atoms with van der Waals surface area (Å²) in [6.45, 7) is 1.41. The number of benzene rings is 1. The second kappa shape index (κ2) is 7.55. The van der Waals surface area contributed by atoms with Crippen LogP contribution < -0.4 is 20.5 Å². The summed E-state index contributed by atoms with van der Waals surface area (Å²) in [5.74, 6) is 1.35. The van der Waals surface area contributed by atoms with E-state index in [1.54, 1.807) is 14.2 Å². The average molecular weight is 252 g/mol. The molecule has 3 N–H and O–H groups in total. The third-order valence-electron chi connectivity index (χ3n) is 2.58. The van der Waals surface area contributed by atoms with Gasteiger partial charge in [0, 0.05) is 18.5 Å². The summed E-state index contributed by atoms with van der Waals surface area (Å²) in [7, 11) is 3.27. The van der Waals surface area contributed by atoms with Crippen LogP contribution in [0.2, 0.25) is 0 Å². The lowest BCUT2D eigenvalue weighted by molar-refractivity contribution is -0.118. The lowest BCUT2D eigenvalue weighted by atomic mass is 10.2. The Morgan fingerprint density at radius 3 is 2.72 bits per heavy atom.